The maximum absolute atomic E-state index is 5.97. The highest BCUT2D eigenvalue weighted by Crippen LogP contribution is 2.48. The topological polar surface area (TPSA) is 59.6 Å². The second-order valence-corrected chi connectivity index (χ2v) is 5.87. The van der Waals surface area contributed by atoms with Gasteiger partial charge in [-0.15, -0.1) is 24.0 Å². The van der Waals surface area contributed by atoms with E-state index in [2.05, 4.69) is 36.3 Å². The van der Waals surface area contributed by atoms with E-state index >= 15 is 0 Å². The van der Waals surface area contributed by atoms with Crippen molar-refractivity contribution >= 4 is 35.6 Å². The number of guanidine groups is 1. The summed E-state index contributed by atoms with van der Waals surface area (Å²) >= 11 is 0. The number of hydrogen-bond acceptors (Lipinski definition) is 2. The van der Waals surface area contributed by atoms with Crippen LogP contribution in [0.5, 0.6) is 0 Å². The first-order valence-electron chi connectivity index (χ1n) is 7.18. The Hall–Kier alpha value is -0.820. The molecule has 0 atom stereocenters. The second-order valence-electron chi connectivity index (χ2n) is 5.87. The van der Waals surface area contributed by atoms with Crippen LogP contribution in [0.3, 0.4) is 0 Å². The molecule has 5 heteroatoms. The van der Waals surface area contributed by atoms with Gasteiger partial charge in [0.1, 0.15) is 0 Å². The average molecular weight is 403 g/mol. The van der Waals surface area contributed by atoms with E-state index in [-0.39, 0.29) is 24.0 Å². The van der Waals surface area contributed by atoms with Crippen molar-refractivity contribution < 1.29 is 4.74 Å². The third-order valence-electron chi connectivity index (χ3n) is 4.16. The first kappa shape index (κ1) is 18.2. The number of halogens is 1. The van der Waals surface area contributed by atoms with Gasteiger partial charge in [0, 0.05) is 25.9 Å². The molecule has 0 saturated heterocycles. The molecule has 3 N–H and O–H groups in total. The molecule has 0 aromatic heterocycles. The average Bonchev–Trinajstić information content (AvgIpc) is 3.19. The minimum Gasteiger partial charge on any atom is -0.385 e. The van der Waals surface area contributed by atoms with Crippen molar-refractivity contribution in [1.29, 1.82) is 0 Å². The standard InChI is InChI=1S/C16H25N3O.HI/c1-12-4-5-14(10-13(12)2)19-15(17)18-11-16(6-7-16)8-9-20-3;/h4-5,10H,6-9,11H2,1-3H3,(H3,17,18,19);1H. The Labute approximate surface area is 144 Å². The van der Waals surface area contributed by atoms with Gasteiger partial charge in [0.2, 0.25) is 0 Å². The SMILES string of the molecule is COCCC1(CN=C(N)Nc2ccc(C)c(C)c2)CC1.I. The van der Waals surface area contributed by atoms with Gasteiger partial charge in [-0.1, -0.05) is 6.07 Å². The van der Waals surface area contributed by atoms with Gasteiger partial charge in [-0.2, -0.15) is 0 Å². The minimum atomic E-state index is 0. The number of aliphatic imine (C=N–C) groups is 1. The molecule has 0 heterocycles. The van der Waals surface area contributed by atoms with Gasteiger partial charge in [-0.05, 0) is 61.8 Å². The summed E-state index contributed by atoms with van der Waals surface area (Å²) in [5.74, 6) is 0.497. The fourth-order valence-corrected chi connectivity index (χ4v) is 2.24. The molecule has 1 aromatic rings. The van der Waals surface area contributed by atoms with Gasteiger partial charge in [0.15, 0.2) is 5.96 Å². The van der Waals surface area contributed by atoms with Crippen molar-refractivity contribution in [2.45, 2.75) is 33.1 Å². The van der Waals surface area contributed by atoms with E-state index in [0.29, 0.717) is 11.4 Å². The smallest absolute Gasteiger partial charge is 0.193 e. The fourth-order valence-electron chi connectivity index (χ4n) is 2.24. The molecule has 2 rings (SSSR count). The molecule has 1 aliphatic rings. The maximum atomic E-state index is 5.97. The Bertz CT molecular complexity index is 498. The van der Waals surface area contributed by atoms with E-state index in [1.54, 1.807) is 7.11 Å². The highest BCUT2D eigenvalue weighted by molar-refractivity contribution is 14.0. The van der Waals surface area contributed by atoms with E-state index < -0.39 is 0 Å². The summed E-state index contributed by atoms with van der Waals surface area (Å²) < 4.78 is 5.15. The van der Waals surface area contributed by atoms with Crippen molar-refractivity contribution in [1.82, 2.24) is 0 Å². The van der Waals surface area contributed by atoms with Crippen LogP contribution in [0.25, 0.3) is 0 Å². The Kier molecular flexibility index (Phi) is 6.93. The van der Waals surface area contributed by atoms with E-state index in [9.17, 15) is 0 Å². The van der Waals surface area contributed by atoms with Gasteiger partial charge >= 0.3 is 0 Å². The Morgan fingerprint density at radius 1 is 1.33 bits per heavy atom. The molecule has 21 heavy (non-hydrogen) atoms. The number of nitrogens with one attached hydrogen (secondary N) is 1. The van der Waals surface area contributed by atoms with E-state index in [1.807, 2.05) is 6.07 Å². The van der Waals surface area contributed by atoms with Crippen LogP contribution in [0.2, 0.25) is 0 Å². The molecule has 1 saturated carbocycles. The monoisotopic (exact) mass is 403 g/mol. The number of ether oxygens (including phenoxy) is 1. The summed E-state index contributed by atoms with van der Waals surface area (Å²) in [5.41, 5.74) is 9.83. The number of anilines is 1. The number of nitrogens with zero attached hydrogens (tertiary/aromatic N) is 1. The third kappa shape index (κ3) is 5.47. The number of nitrogens with two attached hydrogens (primary N) is 1. The number of hydrogen-bond donors (Lipinski definition) is 2. The van der Waals surface area contributed by atoms with Crippen molar-refractivity contribution in [3.8, 4) is 0 Å². The molecular weight excluding hydrogens is 377 g/mol. The first-order valence-corrected chi connectivity index (χ1v) is 7.18. The predicted octanol–water partition coefficient (Wildman–Crippen LogP) is 3.46. The third-order valence-corrected chi connectivity index (χ3v) is 4.16. The second kappa shape index (κ2) is 7.98. The van der Waals surface area contributed by atoms with Gasteiger partial charge in [-0.3, -0.25) is 4.99 Å². The Morgan fingerprint density at radius 2 is 2.05 bits per heavy atom. The number of methoxy groups -OCH3 is 1. The van der Waals surface area contributed by atoms with Crippen molar-refractivity contribution in [3.63, 3.8) is 0 Å². The quantitative estimate of drug-likeness (QED) is 0.435. The van der Waals surface area contributed by atoms with Crippen LogP contribution in [-0.4, -0.2) is 26.2 Å². The molecule has 0 amide bonds. The minimum absolute atomic E-state index is 0. The molecule has 0 spiro atoms. The van der Waals surface area contributed by atoms with Crippen LogP contribution in [0.1, 0.15) is 30.4 Å². The van der Waals surface area contributed by atoms with Crippen LogP contribution in [-0.2, 0) is 4.74 Å². The largest absolute Gasteiger partial charge is 0.385 e. The molecule has 0 unspecified atom stereocenters. The lowest BCUT2D eigenvalue weighted by Crippen LogP contribution is -2.24. The molecular formula is C16H26IN3O. The molecule has 118 valence electrons. The summed E-state index contributed by atoms with van der Waals surface area (Å²) in [5, 5.41) is 3.16. The van der Waals surface area contributed by atoms with Crippen LogP contribution in [0.4, 0.5) is 5.69 Å². The molecule has 0 bridgehead atoms. The van der Waals surface area contributed by atoms with Crippen molar-refractivity contribution in [2.75, 3.05) is 25.6 Å². The van der Waals surface area contributed by atoms with Crippen LogP contribution in [0, 0.1) is 19.3 Å². The number of rotatable bonds is 6. The first-order chi connectivity index (χ1) is 9.54. The fraction of sp³-hybridized carbons (Fsp3) is 0.562. The zero-order valence-corrected chi connectivity index (χ0v) is 15.4. The van der Waals surface area contributed by atoms with Crippen LogP contribution < -0.4 is 11.1 Å². The Morgan fingerprint density at radius 3 is 2.62 bits per heavy atom. The van der Waals surface area contributed by atoms with Crippen molar-refractivity contribution in [2.24, 2.45) is 16.1 Å². The van der Waals surface area contributed by atoms with Crippen molar-refractivity contribution in [3.05, 3.63) is 29.3 Å². The molecule has 0 aliphatic heterocycles. The summed E-state index contributed by atoms with van der Waals surface area (Å²) in [4.78, 5) is 4.49. The molecule has 1 aromatic carbocycles. The number of aryl methyl sites for hydroxylation is 2. The molecule has 1 fully saturated rings. The molecule has 4 nitrogen and oxygen atoms in total. The van der Waals surface area contributed by atoms with Gasteiger partial charge in [-0.25, -0.2) is 0 Å². The maximum Gasteiger partial charge on any atom is 0.193 e. The molecule has 0 radical (unpaired) electrons. The highest BCUT2D eigenvalue weighted by atomic mass is 127. The van der Waals surface area contributed by atoms with Gasteiger partial charge in [0.25, 0.3) is 0 Å². The summed E-state index contributed by atoms with van der Waals surface area (Å²) in [6.45, 7) is 5.79. The zero-order valence-electron chi connectivity index (χ0n) is 13.1. The lowest BCUT2D eigenvalue weighted by atomic mass is 10.0. The summed E-state index contributed by atoms with van der Waals surface area (Å²) in [6, 6.07) is 6.21. The zero-order chi connectivity index (χ0) is 14.6. The normalized spacial score (nSPS) is 16.2. The summed E-state index contributed by atoms with van der Waals surface area (Å²) in [6.07, 6.45) is 3.54. The van der Waals surface area contributed by atoms with Gasteiger partial charge in [0.05, 0.1) is 0 Å². The lowest BCUT2D eigenvalue weighted by molar-refractivity contribution is 0.174. The van der Waals surface area contributed by atoms with E-state index in [0.717, 1.165) is 25.3 Å². The Balaban J connectivity index is 0.00000220. The lowest BCUT2D eigenvalue weighted by Gasteiger charge is -2.13. The summed E-state index contributed by atoms with van der Waals surface area (Å²) in [7, 11) is 1.75. The highest BCUT2D eigenvalue weighted by Gasteiger charge is 2.41. The van der Waals surface area contributed by atoms with E-state index in [1.165, 1.54) is 24.0 Å². The predicted molar refractivity (Wildman–Crippen MR) is 99.6 cm³/mol. The van der Waals surface area contributed by atoms with E-state index in [4.69, 9.17) is 10.5 Å². The van der Waals surface area contributed by atoms with Gasteiger partial charge < -0.3 is 15.8 Å². The van der Waals surface area contributed by atoms with Crippen LogP contribution >= 0.6 is 24.0 Å². The van der Waals surface area contributed by atoms with Crippen LogP contribution in [0.15, 0.2) is 23.2 Å². The molecule has 1 aliphatic carbocycles. The number of benzene rings is 1.